The molecular formula is C12H22N2O3. The normalized spacial score (nSPS) is 24.6. The highest BCUT2D eigenvalue weighted by atomic mass is 16.5. The maximum atomic E-state index is 12.0. The lowest BCUT2D eigenvalue weighted by Gasteiger charge is -2.35. The van der Waals surface area contributed by atoms with Gasteiger partial charge in [-0.05, 0) is 19.8 Å². The van der Waals surface area contributed by atoms with Crippen LogP contribution in [0.1, 0.15) is 19.8 Å². The SMILES string of the molecule is CC1(NCC(=O)N2CCOCC2)CCOCC1. The predicted octanol–water partition coefficient (Wildman–Crippen LogP) is 0.00390. The smallest absolute Gasteiger partial charge is 0.236 e. The summed E-state index contributed by atoms with van der Waals surface area (Å²) in [5, 5.41) is 3.38. The quantitative estimate of drug-likeness (QED) is 0.757. The van der Waals surface area contributed by atoms with Crippen LogP contribution in [0.3, 0.4) is 0 Å². The van der Waals surface area contributed by atoms with Crippen LogP contribution in [0, 0.1) is 0 Å². The average Bonchev–Trinajstić information content (AvgIpc) is 2.38. The first-order chi connectivity index (χ1) is 8.20. The zero-order valence-electron chi connectivity index (χ0n) is 10.5. The van der Waals surface area contributed by atoms with Crippen LogP contribution in [0.25, 0.3) is 0 Å². The van der Waals surface area contributed by atoms with E-state index in [-0.39, 0.29) is 11.4 Å². The lowest BCUT2D eigenvalue weighted by atomic mass is 9.92. The molecule has 5 heteroatoms. The molecule has 0 spiro atoms. The van der Waals surface area contributed by atoms with Crippen molar-refractivity contribution in [3.05, 3.63) is 0 Å². The fourth-order valence-corrected chi connectivity index (χ4v) is 2.21. The standard InChI is InChI=1S/C12H22N2O3/c1-12(2-6-16-7-3-12)13-10-11(15)14-4-8-17-9-5-14/h13H,2-10H2,1H3. The molecular weight excluding hydrogens is 220 g/mol. The molecule has 0 aliphatic carbocycles. The molecule has 2 heterocycles. The number of carbonyl (C=O) groups is 1. The molecule has 0 atom stereocenters. The summed E-state index contributed by atoms with van der Waals surface area (Å²) in [4.78, 5) is 13.8. The van der Waals surface area contributed by atoms with Crippen molar-refractivity contribution < 1.29 is 14.3 Å². The highest BCUT2D eigenvalue weighted by Crippen LogP contribution is 2.19. The van der Waals surface area contributed by atoms with Gasteiger partial charge in [0, 0.05) is 31.8 Å². The third-order valence-electron chi connectivity index (χ3n) is 3.63. The summed E-state index contributed by atoms with van der Waals surface area (Å²) in [5.74, 6) is 0.181. The summed E-state index contributed by atoms with van der Waals surface area (Å²) < 4.78 is 10.6. The number of nitrogens with one attached hydrogen (secondary N) is 1. The van der Waals surface area contributed by atoms with E-state index >= 15 is 0 Å². The predicted molar refractivity (Wildman–Crippen MR) is 63.9 cm³/mol. The Hall–Kier alpha value is -0.650. The Morgan fingerprint density at radius 1 is 1.18 bits per heavy atom. The molecule has 0 unspecified atom stereocenters. The summed E-state index contributed by atoms with van der Waals surface area (Å²) >= 11 is 0. The molecule has 2 aliphatic heterocycles. The summed E-state index contributed by atoms with van der Waals surface area (Å²) in [6.45, 7) is 6.94. The maximum Gasteiger partial charge on any atom is 0.236 e. The lowest BCUT2D eigenvalue weighted by molar-refractivity contribution is -0.134. The highest BCUT2D eigenvalue weighted by molar-refractivity contribution is 5.78. The molecule has 0 saturated carbocycles. The molecule has 0 aromatic rings. The third-order valence-corrected chi connectivity index (χ3v) is 3.63. The molecule has 0 radical (unpaired) electrons. The van der Waals surface area contributed by atoms with E-state index in [0.717, 1.165) is 39.1 Å². The van der Waals surface area contributed by atoms with E-state index in [1.807, 2.05) is 4.90 Å². The number of rotatable bonds is 3. The lowest BCUT2D eigenvalue weighted by Crippen LogP contribution is -2.52. The third kappa shape index (κ3) is 3.66. The average molecular weight is 242 g/mol. The molecule has 98 valence electrons. The minimum Gasteiger partial charge on any atom is -0.381 e. The monoisotopic (exact) mass is 242 g/mol. The van der Waals surface area contributed by atoms with Crippen molar-refractivity contribution >= 4 is 5.91 Å². The minimum absolute atomic E-state index is 0.0558. The Morgan fingerprint density at radius 3 is 2.41 bits per heavy atom. The van der Waals surface area contributed by atoms with E-state index < -0.39 is 0 Å². The molecule has 2 saturated heterocycles. The first-order valence-electron chi connectivity index (χ1n) is 6.38. The van der Waals surface area contributed by atoms with Gasteiger partial charge < -0.3 is 19.7 Å². The first-order valence-corrected chi connectivity index (χ1v) is 6.38. The Kier molecular flexibility index (Phi) is 4.36. The van der Waals surface area contributed by atoms with E-state index in [2.05, 4.69) is 12.2 Å². The molecule has 2 aliphatic rings. The van der Waals surface area contributed by atoms with Crippen LogP contribution in [-0.4, -0.2) is 62.4 Å². The van der Waals surface area contributed by atoms with Gasteiger partial charge in [0.15, 0.2) is 0 Å². The topological polar surface area (TPSA) is 50.8 Å². The number of nitrogens with zero attached hydrogens (tertiary/aromatic N) is 1. The van der Waals surface area contributed by atoms with E-state index in [9.17, 15) is 4.79 Å². The van der Waals surface area contributed by atoms with Gasteiger partial charge in [0.05, 0.1) is 19.8 Å². The molecule has 1 amide bonds. The van der Waals surface area contributed by atoms with Crippen LogP contribution in [0.5, 0.6) is 0 Å². The Bertz CT molecular complexity index is 258. The fraction of sp³-hybridized carbons (Fsp3) is 0.917. The van der Waals surface area contributed by atoms with Gasteiger partial charge in [-0.15, -0.1) is 0 Å². The van der Waals surface area contributed by atoms with Crippen molar-refractivity contribution in [2.45, 2.75) is 25.3 Å². The molecule has 2 fully saturated rings. The molecule has 2 rings (SSSR count). The van der Waals surface area contributed by atoms with Gasteiger partial charge in [-0.25, -0.2) is 0 Å². The Labute approximate surface area is 102 Å². The van der Waals surface area contributed by atoms with Gasteiger partial charge in [0.2, 0.25) is 5.91 Å². The molecule has 0 aromatic heterocycles. The van der Waals surface area contributed by atoms with Crippen LogP contribution in [0.4, 0.5) is 0 Å². The van der Waals surface area contributed by atoms with Gasteiger partial charge in [-0.1, -0.05) is 0 Å². The summed E-state index contributed by atoms with van der Waals surface area (Å²) in [6.07, 6.45) is 1.95. The van der Waals surface area contributed by atoms with E-state index in [0.29, 0.717) is 19.8 Å². The number of ether oxygens (including phenoxy) is 2. The zero-order chi connectivity index (χ0) is 12.1. The molecule has 0 bridgehead atoms. The van der Waals surface area contributed by atoms with Crippen molar-refractivity contribution in [3.8, 4) is 0 Å². The van der Waals surface area contributed by atoms with E-state index in [1.165, 1.54) is 0 Å². The Balaban J connectivity index is 1.74. The van der Waals surface area contributed by atoms with Gasteiger partial charge in [-0.2, -0.15) is 0 Å². The van der Waals surface area contributed by atoms with Gasteiger partial charge >= 0.3 is 0 Å². The van der Waals surface area contributed by atoms with Crippen LogP contribution in [0.2, 0.25) is 0 Å². The fourth-order valence-electron chi connectivity index (χ4n) is 2.21. The molecule has 1 N–H and O–H groups in total. The second-order valence-electron chi connectivity index (χ2n) is 5.02. The highest BCUT2D eigenvalue weighted by Gasteiger charge is 2.28. The molecule has 17 heavy (non-hydrogen) atoms. The number of carbonyl (C=O) groups excluding carboxylic acids is 1. The number of hydrogen-bond donors (Lipinski definition) is 1. The van der Waals surface area contributed by atoms with E-state index in [4.69, 9.17) is 9.47 Å². The van der Waals surface area contributed by atoms with Gasteiger partial charge in [0.1, 0.15) is 0 Å². The number of amides is 1. The van der Waals surface area contributed by atoms with Crippen LogP contribution < -0.4 is 5.32 Å². The second kappa shape index (κ2) is 5.80. The minimum atomic E-state index is 0.0558. The van der Waals surface area contributed by atoms with Crippen LogP contribution in [-0.2, 0) is 14.3 Å². The summed E-state index contributed by atoms with van der Waals surface area (Å²) in [5.41, 5.74) is 0.0558. The first kappa shape index (κ1) is 12.8. The van der Waals surface area contributed by atoms with Gasteiger partial charge in [-0.3, -0.25) is 4.79 Å². The maximum absolute atomic E-state index is 12.0. The van der Waals surface area contributed by atoms with Crippen molar-refractivity contribution in [1.29, 1.82) is 0 Å². The van der Waals surface area contributed by atoms with Crippen LogP contribution in [0.15, 0.2) is 0 Å². The van der Waals surface area contributed by atoms with Crippen molar-refractivity contribution in [1.82, 2.24) is 10.2 Å². The number of morpholine rings is 1. The molecule has 0 aromatic carbocycles. The van der Waals surface area contributed by atoms with E-state index in [1.54, 1.807) is 0 Å². The second-order valence-corrected chi connectivity index (χ2v) is 5.02. The van der Waals surface area contributed by atoms with Crippen LogP contribution >= 0.6 is 0 Å². The zero-order valence-corrected chi connectivity index (χ0v) is 10.5. The van der Waals surface area contributed by atoms with Crippen molar-refractivity contribution in [3.63, 3.8) is 0 Å². The Morgan fingerprint density at radius 2 is 1.76 bits per heavy atom. The largest absolute Gasteiger partial charge is 0.381 e. The van der Waals surface area contributed by atoms with Crippen molar-refractivity contribution in [2.75, 3.05) is 46.1 Å². The molecule has 5 nitrogen and oxygen atoms in total. The number of hydrogen-bond acceptors (Lipinski definition) is 4. The van der Waals surface area contributed by atoms with Gasteiger partial charge in [0.25, 0.3) is 0 Å². The van der Waals surface area contributed by atoms with Crippen molar-refractivity contribution in [2.24, 2.45) is 0 Å². The summed E-state index contributed by atoms with van der Waals surface area (Å²) in [6, 6.07) is 0. The summed E-state index contributed by atoms with van der Waals surface area (Å²) in [7, 11) is 0.